The van der Waals surface area contributed by atoms with Gasteiger partial charge in [0, 0.05) is 37.5 Å². The molecule has 1 fully saturated rings. The molecule has 3 rings (SSSR count). The van der Waals surface area contributed by atoms with E-state index in [9.17, 15) is 4.79 Å². The highest BCUT2D eigenvalue weighted by atomic mass is 32.2. The molecule has 1 aliphatic rings. The fraction of sp³-hybridized carbons (Fsp3) is 0.350. The molecule has 1 aliphatic heterocycles. The van der Waals surface area contributed by atoms with Crippen molar-refractivity contribution >= 4 is 23.4 Å². The first-order valence-electron chi connectivity index (χ1n) is 8.48. The standard InChI is InChI=1S/C20H24N2O2S/c1-24-19-9-4-3-8-18(19)21-10-12-22(13-11-21)20(23)17-7-5-6-16(14-17)15-25-2/h3-9,14H,10-13,15H2,1-2H3. The number of hydrogen-bond acceptors (Lipinski definition) is 4. The van der Waals surface area contributed by atoms with Gasteiger partial charge in [0.15, 0.2) is 0 Å². The molecule has 0 aliphatic carbocycles. The third-order valence-electron chi connectivity index (χ3n) is 4.48. The molecule has 1 saturated heterocycles. The van der Waals surface area contributed by atoms with Gasteiger partial charge in [-0.05, 0) is 36.1 Å². The molecule has 1 amide bonds. The van der Waals surface area contributed by atoms with Crippen LogP contribution in [0.15, 0.2) is 48.5 Å². The van der Waals surface area contributed by atoms with Gasteiger partial charge in [-0.1, -0.05) is 24.3 Å². The Labute approximate surface area is 153 Å². The van der Waals surface area contributed by atoms with Crippen molar-refractivity contribution in [3.05, 3.63) is 59.7 Å². The summed E-state index contributed by atoms with van der Waals surface area (Å²) < 4.78 is 5.45. The molecular formula is C20H24N2O2S. The van der Waals surface area contributed by atoms with Gasteiger partial charge in [0.05, 0.1) is 12.8 Å². The Balaban J connectivity index is 1.66. The molecule has 25 heavy (non-hydrogen) atoms. The van der Waals surface area contributed by atoms with Gasteiger partial charge >= 0.3 is 0 Å². The largest absolute Gasteiger partial charge is 0.495 e. The van der Waals surface area contributed by atoms with E-state index in [1.54, 1.807) is 18.9 Å². The lowest BCUT2D eigenvalue weighted by atomic mass is 10.1. The summed E-state index contributed by atoms with van der Waals surface area (Å²) in [6.07, 6.45) is 2.07. The molecule has 2 aromatic rings. The van der Waals surface area contributed by atoms with Crippen LogP contribution >= 0.6 is 11.8 Å². The van der Waals surface area contributed by atoms with E-state index < -0.39 is 0 Å². The number of amides is 1. The zero-order chi connectivity index (χ0) is 17.6. The number of piperazine rings is 1. The van der Waals surface area contributed by atoms with Crippen molar-refractivity contribution in [3.8, 4) is 5.75 Å². The van der Waals surface area contributed by atoms with Crippen LogP contribution in [0.25, 0.3) is 0 Å². The van der Waals surface area contributed by atoms with Crippen molar-refractivity contribution in [3.63, 3.8) is 0 Å². The molecule has 0 N–H and O–H groups in total. The SMILES string of the molecule is COc1ccccc1N1CCN(C(=O)c2cccc(CSC)c2)CC1. The first-order valence-corrected chi connectivity index (χ1v) is 9.87. The van der Waals surface area contributed by atoms with Gasteiger partial charge in [0.2, 0.25) is 0 Å². The van der Waals surface area contributed by atoms with E-state index in [0.717, 1.165) is 48.9 Å². The average Bonchev–Trinajstić information content (AvgIpc) is 2.68. The lowest BCUT2D eigenvalue weighted by Gasteiger charge is -2.36. The maximum atomic E-state index is 12.8. The van der Waals surface area contributed by atoms with Crippen LogP contribution < -0.4 is 9.64 Å². The molecule has 0 aromatic heterocycles. The van der Waals surface area contributed by atoms with Crippen molar-refractivity contribution < 1.29 is 9.53 Å². The van der Waals surface area contributed by atoms with Gasteiger partial charge in [-0.15, -0.1) is 0 Å². The van der Waals surface area contributed by atoms with E-state index in [4.69, 9.17) is 4.74 Å². The van der Waals surface area contributed by atoms with E-state index in [0.29, 0.717) is 0 Å². The summed E-state index contributed by atoms with van der Waals surface area (Å²) in [5.41, 5.74) is 3.09. The summed E-state index contributed by atoms with van der Waals surface area (Å²) in [6, 6.07) is 16.0. The summed E-state index contributed by atoms with van der Waals surface area (Å²) in [5, 5.41) is 0. The second-order valence-electron chi connectivity index (χ2n) is 6.08. The van der Waals surface area contributed by atoms with Crippen LogP contribution in [-0.2, 0) is 5.75 Å². The zero-order valence-electron chi connectivity index (χ0n) is 14.8. The maximum absolute atomic E-state index is 12.8. The number of hydrogen-bond donors (Lipinski definition) is 0. The van der Waals surface area contributed by atoms with Gasteiger partial charge in [-0.25, -0.2) is 0 Å². The lowest BCUT2D eigenvalue weighted by molar-refractivity contribution is 0.0746. The minimum atomic E-state index is 0.127. The molecule has 0 bridgehead atoms. The van der Waals surface area contributed by atoms with Gasteiger partial charge in [0.1, 0.15) is 5.75 Å². The monoisotopic (exact) mass is 356 g/mol. The van der Waals surface area contributed by atoms with Crippen LogP contribution in [0.3, 0.4) is 0 Å². The second-order valence-corrected chi connectivity index (χ2v) is 6.95. The highest BCUT2D eigenvalue weighted by Crippen LogP contribution is 2.28. The quantitative estimate of drug-likeness (QED) is 0.821. The number of benzene rings is 2. The normalized spacial score (nSPS) is 14.5. The number of methoxy groups -OCH3 is 1. The van der Waals surface area contributed by atoms with Crippen molar-refractivity contribution in [2.45, 2.75) is 5.75 Å². The second kappa shape index (κ2) is 8.30. The predicted molar refractivity (Wildman–Crippen MR) is 105 cm³/mol. The number of rotatable bonds is 5. The molecular weight excluding hydrogens is 332 g/mol. The Morgan fingerprint density at radius 3 is 2.56 bits per heavy atom. The highest BCUT2D eigenvalue weighted by Gasteiger charge is 2.23. The van der Waals surface area contributed by atoms with Gasteiger partial charge in [0.25, 0.3) is 5.91 Å². The van der Waals surface area contributed by atoms with Crippen LogP contribution in [0.2, 0.25) is 0 Å². The molecule has 0 spiro atoms. The molecule has 0 saturated carbocycles. The Morgan fingerprint density at radius 2 is 1.84 bits per heavy atom. The van der Waals surface area contributed by atoms with Crippen LogP contribution in [0.1, 0.15) is 15.9 Å². The number of para-hydroxylation sites is 2. The van der Waals surface area contributed by atoms with Crippen molar-refractivity contribution in [1.29, 1.82) is 0 Å². The number of carbonyl (C=O) groups excluding carboxylic acids is 1. The minimum absolute atomic E-state index is 0.127. The molecule has 0 atom stereocenters. The number of ether oxygens (including phenoxy) is 1. The van der Waals surface area contributed by atoms with E-state index in [1.165, 1.54) is 5.56 Å². The van der Waals surface area contributed by atoms with Gasteiger partial charge < -0.3 is 14.5 Å². The van der Waals surface area contributed by atoms with E-state index in [-0.39, 0.29) is 5.91 Å². The van der Waals surface area contributed by atoms with Crippen LogP contribution in [-0.4, -0.2) is 50.4 Å². The summed E-state index contributed by atoms with van der Waals surface area (Å²) in [5.74, 6) is 1.94. The topological polar surface area (TPSA) is 32.8 Å². The molecule has 1 heterocycles. The fourth-order valence-corrected chi connectivity index (χ4v) is 3.70. The fourth-order valence-electron chi connectivity index (χ4n) is 3.18. The Bertz CT molecular complexity index is 727. The highest BCUT2D eigenvalue weighted by molar-refractivity contribution is 7.97. The average molecular weight is 356 g/mol. The molecule has 0 unspecified atom stereocenters. The lowest BCUT2D eigenvalue weighted by Crippen LogP contribution is -2.48. The van der Waals surface area contributed by atoms with Crippen molar-refractivity contribution in [1.82, 2.24) is 4.90 Å². The van der Waals surface area contributed by atoms with Gasteiger partial charge in [-0.3, -0.25) is 4.79 Å². The molecule has 4 nitrogen and oxygen atoms in total. The van der Waals surface area contributed by atoms with E-state index >= 15 is 0 Å². The Kier molecular flexibility index (Phi) is 5.87. The van der Waals surface area contributed by atoms with Crippen LogP contribution in [0.5, 0.6) is 5.75 Å². The minimum Gasteiger partial charge on any atom is -0.495 e. The first kappa shape index (κ1) is 17.7. The summed E-state index contributed by atoms with van der Waals surface area (Å²) in [6.45, 7) is 3.08. The van der Waals surface area contributed by atoms with Crippen molar-refractivity contribution in [2.24, 2.45) is 0 Å². The summed E-state index contributed by atoms with van der Waals surface area (Å²) in [4.78, 5) is 17.0. The zero-order valence-corrected chi connectivity index (χ0v) is 15.6. The first-order chi connectivity index (χ1) is 12.2. The molecule has 5 heteroatoms. The predicted octanol–water partition coefficient (Wildman–Crippen LogP) is 3.52. The third-order valence-corrected chi connectivity index (χ3v) is 5.10. The molecule has 132 valence electrons. The number of nitrogens with zero attached hydrogens (tertiary/aromatic N) is 2. The Morgan fingerprint density at radius 1 is 1.08 bits per heavy atom. The van der Waals surface area contributed by atoms with Crippen molar-refractivity contribution in [2.75, 3.05) is 44.4 Å². The summed E-state index contributed by atoms with van der Waals surface area (Å²) >= 11 is 1.77. The smallest absolute Gasteiger partial charge is 0.253 e. The molecule has 2 aromatic carbocycles. The third kappa shape index (κ3) is 4.10. The van der Waals surface area contributed by atoms with Gasteiger partial charge in [-0.2, -0.15) is 11.8 Å². The van der Waals surface area contributed by atoms with Crippen LogP contribution in [0.4, 0.5) is 5.69 Å². The molecule has 0 radical (unpaired) electrons. The van der Waals surface area contributed by atoms with E-state index in [2.05, 4.69) is 23.3 Å². The maximum Gasteiger partial charge on any atom is 0.253 e. The number of thioether (sulfide) groups is 1. The summed E-state index contributed by atoms with van der Waals surface area (Å²) in [7, 11) is 1.69. The number of carbonyl (C=O) groups is 1. The van der Waals surface area contributed by atoms with E-state index in [1.807, 2.05) is 41.3 Å². The number of anilines is 1. The Hall–Kier alpha value is -2.14. The van der Waals surface area contributed by atoms with Crippen LogP contribution in [0, 0.1) is 0 Å².